The monoisotopic (exact) mass is 253 g/mol. The molecule has 92 valence electrons. The Hall–Kier alpha value is -0.980. The normalized spacial score (nSPS) is 28.6. The van der Waals surface area contributed by atoms with Crippen LogP contribution < -0.4 is 10.6 Å². The van der Waals surface area contributed by atoms with Gasteiger partial charge in [0.25, 0.3) is 0 Å². The molecule has 6 heteroatoms. The predicted octanol–water partition coefficient (Wildman–Crippen LogP) is 0.0567. The van der Waals surface area contributed by atoms with E-state index in [2.05, 4.69) is 4.98 Å². The van der Waals surface area contributed by atoms with E-state index in [9.17, 15) is 9.90 Å². The van der Waals surface area contributed by atoms with E-state index in [1.165, 1.54) is 4.88 Å². The van der Waals surface area contributed by atoms with Gasteiger partial charge in [-0.25, -0.2) is 4.98 Å². The number of fused-ring (bicyclic) bond motifs is 1. The molecule has 1 unspecified atom stereocenters. The first-order chi connectivity index (χ1) is 8.13. The molecule has 3 rings (SSSR count). The average Bonchev–Trinajstić information content (AvgIpc) is 2.80. The number of anilines is 1. The molecule has 1 fully saturated rings. The first kappa shape index (κ1) is 11.1. The van der Waals surface area contributed by atoms with Gasteiger partial charge < -0.3 is 10.8 Å². The molecule has 1 saturated heterocycles. The van der Waals surface area contributed by atoms with Crippen LogP contribution in [-0.2, 0) is 17.6 Å². The molecule has 1 amide bonds. The molecule has 0 radical (unpaired) electrons. The van der Waals surface area contributed by atoms with Gasteiger partial charge in [0.15, 0.2) is 5.13 Å². The Kier molecular flexibility index (Phi) is 2.65. The van der Waals surface area contributed by atoms with Gasteiger partial charge in [-0.3, -0.25) is 9.69 Å². The van der Waals surface area contributed by atoms with E-state index in [0.29, 0.717) is 6.54 Å². The summed E-state index contributed by atoms with van der Waals surface area (Å²) < 4.78 is 0. The fraction of sp³-hybridized carbons (Fsp3) is 0.636. The first-order valence-electron chi connectivity index (χ1n) is 5.86. The van der Waals surface area contributed by atoms with Crippen LogP contribution in [-0.4, -0.2) is 34.7 Å². The summed E-state index contributed by atoms with van der Waals surface area (Å²) in [6, 6.07) is 0.218. The van der Waals surface area contributed by atoms with E-state index < -0.39 is 6.10 Å². The molecule has 2 atom stereocenters. The van der Waals surface area contributed by atoms with Crippen molar-refractivity contribution in [2.24, 2.45) is 5.73 Å². The van der Waals surface area contributed by atoms with E-state index in [1.807, 2.05) is 0 Å². The molecule has 0 bridgehead atoms. The summed E-state index contributed by atoms with van der Waals surface area (Å²) in [5.74, 6) is -0.0344. The van der Waals surface area contributed by atoms with Crippen LogP contribution >= 0.6 is 11.3 Å². The van der Waals surface area contributed by atoms with Crippen molar-refractivity contribution >= 4 is 22.4 Å². The lowest BCUT2D eigenvalue weighted by Gasteiger charge is -2.15. The van der Waals surface area contributed by atoms with Crippen LogP contribution in [0.15, 0.2) is 0 Å². The van der Waals surface area contributed by atoms with Crippen molar-refractivity contribution < 1.29 is 9.90 Å². The highest BCUT2D eigenvalue weighted by Gasteiger charge is 2.32. The smallest absolute Gasteiger partial charge is 0.231 e. The van der Waals surface area contributed by atoms with Crippen molar-refractivity contribution in [2.75, 3.05) is 11.4 Å². The fourth-order valence-electron chi connectivity index (χ4n) is 2.38. The molecule has 0 saturated carbocycles. The maximum absolute atomic E-state index is 11.7. The standard InChI is InChI=1S/C11H15N3O2S/c12-6-1-2-8-9(3-6)17-11(13-8)14-5-7(15)4-10(14)16/h6-7,15H,1-5,12H2/t6-,7?/m0/s1. The third-order valence-corrected chi connectivity index (χ3v) is 4.44. The van der Waals surface area contributed by atoms with Crippen LogP contribution in [0.25, 0.3) is 0 Å². The van der Waals surface area contributed by atoms with Crippen molar-refractivity contribution in [3.05, 3.63) is 10.6 Å². The molecule has 2 heterocycles. The maximum atomic E-state index is 11.7. The van der Waals surface area contributed by atoms with Crippen molar-refractivity contribution in [1.82, 2.24) is 4.98 Å². The lowest BCUT2D eigenvalue weighted by atomic mass is 9.99. The minimum absolute atomic E-state index is 0.0344. The number of nitrogens with two attached hydrogens (primary N) is 1. The molecule has 0 aromatic carbocycles. The summed E-state index contributed by atoms with van der Waals surface area (Å²) >= 11 is 1.54. The number of thiazole rings is 1. The molecule has 1 aromatic rings. The second-order valence-electron chi connectivity index (χ2n) is 4.73. The lowest BCUT2D eigenvalue weighted by Crippen LogP contribution is -2.27. The number of aliphatic hydroxyl groups excluding tert-OH is 1. The van der Waals surface area contributed by atoms with Crippen LogP contribution in [0.3, 0.4) is 0 Å². The molecule has 0 spiro atoms. The summed E-state index contributed by atoms with van der Waals surface area (Å²) in [5, 5.41) is 10.2. The second-order valence-corrected chi connectivity index (χ2v) is 5.79. The Bertz CT molecular complexity index is 460. The number of carbonyl (C=O) groups is 1. The number of carbonyl (C=O) groups excluding carboxylic acids is 1. The van der Waals surface area contributed by atoms with Gasteiger partial charge >= 0.3 is 0 Å². The van der Waals surface area contributed by atoms with E-state index in [0.717, 1.165) is 30.1 Å². The Balaban J connectivity index is 1.87. The maximum Gasteiger partial charge on any atom is 0.231 e. The van der Waals surface area contributed by atoms with Gasteiger partial charge in [0.2, 0.25) is 5.91 Å². The number of hydrogen-bond acceptors (Lipinski definition) is 5. The van der Waals surface area contributed by atoms with E-state index in [1.54, 1.807) is 16.2 Å². The Morgan fingerprint density at radius 3 is 3.00 bits per heavy atom. The Labute approximate surface area is 103 Å². The lowest BCUT2D eigenvalue weighted by molar-refractivity contribution is -0.117. The fourth-order valence-corrected chi connectivity index (χ4v) is 3.60. The van der Waals surface area contributed by atoms with Gasteiger partial charge in [-0.1, -0.05) is 0 Å². The Morgan fingerprint density at radius 1 is 1.47 bits per heavy atom. The van der Waals surface area contributed by atoms with Gasteiger partial charge in [-0.15, -0.1) is 11.3 Å². The molecule has 2 aliphatic rings. The summed E-state index contributed by atoms with van der Waals surface area (Å²) in [4.78, 5) is 19.0. The van der Waals surface area contributed by atoms with Crippen LogP contribution in [0.4, 0.5) is 5.13 Å². The summed E-state index contributed by atoms with van der Waals surface area (Å²) in [6.07, 6.45) is 2.39. The molecular formula is C11H15N3O2S. The summed E-state index contributed by atoms with van der Waals surface area (Å²) in [7, 11) is 0. The quantitative estimate of drug-likeness (QED) is 0.741. The predicted molar refractivity (Wildman–Crippen MR) is 65.1 cm³/mol. The van der Waals surface area contributed by atoms with Crippen molar-refractivity contribution in [1.29, 1.82) is 0 Å². The van der Waals surface area contributed by atoms with E-state index >= 15 is 0 Å². The third kappa shape index (κ3) is 1.96. The number of hydrogen-bond donors (Lipinski definition) is 2. The summed E-state index contributed by atoms with van der Waals surface area (Å²) in [6.45, 7) is 0.372. The molecule has 5 nitrogen and oxygen atoms in total. The SMILES string of the molecule is N[C@H]1CCc2nc(N3CC(O)CC3=O)sc2C1. The summed E-state index contributed by atoms with van der Waals surface area (Å²) in [5.41, 5.74) is 7.00. The molecule has 1 aliphatic carbocycles. The second kappa shape index (κ2) is 4.04. The number of aliphatic hydroxyl groups is 1. The minimum atomic E-state index is -0.550. The van der Waals surface area contributed by atoms with E-state index in [-0.39, 0.29) is 18.4 Å². The molecular weight excluding hydrogens is 238 g/mol. The molecule has 1 aromatic heterocycles. The van der Waals surface area contributed by atoms with Gasteiger partial charge in [0.05, 0.1) is 24.8 Å². The van der Waals surface area contributed by atoms with Crippen molar-refractivity contribution in [3.63, 3.8) is 0 Å². The minimum Gasteiger partial charge on any atom is -0.391 e. The first-order valence-corrected chi connectivity index (χ1v) is 6.67. The zero-order chi connectivity index (χ0) is 12.0. The number of aromatic nitrogens is 1. The number of nitrogens with zero attached hydrogens (tertiary/aromatic N) is 2. The van der Waals surface area contributed by atoms with Crippen molar-refractivity contribution in [2.45, 2.75) is 37.8 Å². The van der Waals surface area contributed by atoms with Gasteiger partial charge in [0.1, 0.15) is 0 Å². The molecule has 17 heavy (non-hydrogen) atoms. The molecule has 3 N–H and O–H groups in total. The number of β-amino-alcohol motifs (C(OH)–C–C–N with tert-alkyl or cyclic N) is 1. The number of amides is 1. The zero-order valence-corrected chi connectivity index (χ0v) is 10.2. The topological polar surface area (TPSA) is 79.4 Å². The largest absolute Gasteiger partial charge is 0.391 e. The number of aryl methyl sites for hydroxylation is 1. The number of rotatable bonds is 1. The average molecular weight is 253 g/mol. The van der Waals surface area contributed by atoms with Gasteiger partial charge in [-0.2, -0.15) is 0 Å². The van der Waals surface area contributed by atoms with Gasteiger partial charge in [0, 0.05) is 10.9 Å². The highest BCUT2D eigenvalue weighted by atomic mass is 32.1. The van der Waals surface area contributed by atoms with Crippen LogP contribution in [0.5, 0.6) is 0 Å². The highest BCUT2D eigenvalue weighted by molar-refractivity contribution is 7.16. The molecule has 1 aliphatic heterocycles. The van der Waals surface area contributed by atoms with Crippen LogP contribution in [0.2, 0.25) is 0 Å². The zero-order valence-electron chi connectivity index (χ0n) is 9.43. The van der Waals surface area contributed by atoms with Gasteiger partial charge in [-0.05, 0) is 19.3 Å². The van der Waals surface area contributed by atoms with E-state index in [4.69, 9.17) is 5.73 Å². The third-order valence-electron chi connectivity index (χ3n) is 3.30. The Morgan fingerprint density at radius 2 is 2.29 bits per heavy atom. The van der Waals surface area contributed by atoms with Crippen molar-refractivity contribution in [3.8, 4) is 0 Å². The van der Waals surface area contributed by atoms with Crippen LogP contribution in [0.1, 0.15) is 23.4 Å². The van der Waals surface area contributed by atoms with Crippen LogP contribution in [0, 0.1) is 0 Å². The highest BCUT2D eigenvalue weighted by Crippen LogP contribution is 2.33.